The molecule has 3 heterocycles. The number of halogens is 2. The van der Waals surface area contributed by atoms with Gasteiger partial charge in [-0.3, -0.25) is 0 Å². The summed E-state index contributed by atoms with van der Waals surface area (Å²) in [6.45, 7) is 4.25. The Morgan fingerprint density at radius 3 is 2.65 bits per heavy atom. The number of fused-ring (bicyclic) bond motifs is 1. The molecule has 0 aliphatic carbocycles. The summed E-state index contributed by atoms with van der Waals surface area (Å²) >= 11 is 8.33. The molecule has 0 saturated carbocycles. The van der Waals surface area contributed by atoms with Gasteiger partial charge in [0.15, 0.2) is 0 Å². The summed E-state index contributed by atoms with van der Waals surface area (Å²) in [5, 5.41) is 5.31. The molecule has 0 atom stereocenters. The van der Waals surface area contributed by atoms with Gasteiger partial charge >= 0.3 is 0 Å². The molecule has 0 amide bonds. The second kappa shape index (κ2) is 7.93. The van der Waals surface area contributed by atoms with Crippen molar-refractivity contribution in [1.29, 1.82) is 0 Å². The Morgan fingerprint density at radius 1 is 1.16 bits per heavy atom. The Labute approximate surface area is 190 Å². The number of aryl methyl sites for hydroxylation is 1. The van der Waals surface area contributed by atoms with Gasteiger partial charge in [-0.05, 0) is 49.1 Å². The number of allylic oxidation sites excluding steroid dienone is 2. The molecule has 2 aromatic carbocycles. The third-order valence-corrected chi connectivity index (χ3v) is 7.77. The van der Waals surface area contributed by atoms with Crippen LogP contribution in [-0.4, -0.2) is 29.5 Å². The van der Waals surface area contributed by atoms with E-state index >= 15 is 0 Å². The fourth-order valence-electron chi connectivity index (χ4n) is 4.49. The van der Waals surface area contributed by atoms with Gasteiger partial charge in [0.2, 0.25) is 0 Å². The minimum atomic E-state index is -0.617. The number of dihydropyridines is 1. The maximum Gasteiger partial charge on any atom is 0.128 e. The largest absolute Gasteiger partial charge is 0.368 e. The van der Waals surface area contributed by atoms with Gasteiger partial charge in [0.25, 0.3) is 0 Å². The lowest BCUT2D eigenvalue weighted by molar-refractivity contribution is 0.185. The van der Waals surface area contributed by atoms with Crippen LogP contribution in [0.1, 0.15) is 29.0 Å². The molecule has 1 aromatic heterocycles. The molecule has 0 bridgehead atoms. The lowest BCUT2D eigenvalue weighted by Crippen LogP contribution is -2.50. The lowest BCUT2D eigenvalue weighted by atomic mass is 9.81. The van der Waals surface area contributed by atoms with Crippen LogP contribution >= 0.6 is 22.9 Å². The molecule has 2 aliphatic rings. The molecule has 0 radical (unpaired) electrons. The Morgan fingerprint density at radius 2 is 1.94 bits per heavy atom. The van der Waals surface area contributed by atoms with Crippen molar-refractivity contribution in [3.63, 3.8) is 0 Å². The Bertz CT molecular complexity index is 1210. The highest BCUT2D eigenvalue weighted by Gasteiger charge is 2.35. The third kappa shape index (κ3) is 3.73. The first-order valence-electron chi connectivity index (χ1n) is 10.4. The van der Waals surface area contributed by atoms with Gasteiger partial charge < -0.3 is 16.0 Å². The van der Waals surface area contributed by atoms with Crippen LogP contribution in [0.4, 0.5) is 4.39 Å². The predicted octanol–water partition coefficient (Wildman–Crippen LogP) is 5.18. The molecule has 160 valence electrons. The van der Waals surface area contributed by atoms with Gasteiger partial charge in [0.05, 0.1) is 20.2 Å². The molecule has 3 aromatic rings. The summed E-state index contributed by atoms with van der Waals surface area (Å²) in [5.74, 6) is 0.858. The van der Waals surface area contributed by atoms with E-state index in [1.54, 1.807) is 17.4 Å². The fraction of sp³-hybridized carbons (Fsp3) is 0.292. The van der Waals surface area contributed by atoms with Gasteiger partial charge in [-0.15, -0.1) is 11.3 Å². The van der Waals surface area contributed by atoms with E-state index in [4.69, 9.17) is 17.3 Å². The van der Waals surface area contributed by atoms with Gasteiger partial charge in [0, 0.05) is 30.7 Å². The monoisotopic (exact) mass is 454 g/mol. The predicted molar refractivity (Wildman–Crippen MR) is 127 cm³/mol. The van der Waals surface area contributed by atoms with Gasteiger partial charge in [-0.1, -0.05) is 41.9 Å². The summed E-state index contributed by atoms with van der Waals surface area (Å²) < 4.78 is 15.3. The zero-order valence-electron chi connectivity index (χ0n) is 17.3. The van der Waals surface area contributed by atoms with Crippen molar-refractivity contribution < 1.29 is 4.39 Å². The van der Waals surface area contributed by atoms with Crippen molar-refractivity contribution in [2.45, 2.75) is 25.3 Å². The van der Waals surface area contributed by atoms with Gasteiger partial charge in [0.1, 0.15) is 11.6 Å². The number of hydrogen-bond acceptors (Lipinski definition) is 5. The fourth-order valence-corrected chi connectivity index (χ4v) is 5.74. The van der Waals surface area contributed by atoms with Crippen molar-refractivity contribution in [2.75, 3.05) is 19.6 Å². The zero-order valence-corrected chi connectivity index (χ0v) is 18.9. The number of thiazole rings is 1. The highest BCUT2D eigenvalue weighted by molar-refractivity contribution is 7.19. The number of nitrogens with zero attached hydrogens (tertiary/aromatic N) is 2. The average molecular weight is 455 g/mol. The Balaban J connectivity index is 1.33. The normalized spacial score (nSPS) is 18.5. The molecular weight excluding hydrogens is 431 g/mol. The first-order valence-corrected chi connectivity index (χ1v) is 11.6. The topological polar surface area (TPSA) is 54.2 Å². The standard InChI is InChI=1S/C24H24ClFN4S/c1-15-29-20-8-7-17(22(25)23(20)31-15)16-6-9-21(28-14-16)30-12-10-24(27,11-13-30)18-4-2-3-5-19(18)26/h2-9,28H,10-14,27H2,1H3. The first-order chi connectivity index (χ1) is 14.9. The zero-order chi connectivity index (χ0) is 21.6. The highest BCUT2D eigenvalue weighted by Crippen LogP contribution is 2.36. The molecule has 4 nitrogen and oxygen atoms in total. The highest BCUT2D eigenvalue weighted by atomic mass is 35.5. The molecular formula is C24H24ClFN4S. The van der Waals surface area contributed by atoms with Gasteiger partial charge in [-0.2, -0.15) is 0 Å². The smallest absolute Gasteiger partial charge is 0.128 e. The molecule has 31 heavy (non-hydrogen) atoms. The van der Waals surface area contributed by atoms with Crippen LogP contribution in [-0.2, 0) is 5.54 Å². The molecule has 3 N–H and O–H groups in total. The molecule has 0 spiro atoms. The number of nitrogens with one attached hydrogen (secondary N) is 1. The van der Waals surface area contributed by atoms with Crippen LogP contribution in [0.5, 0.6) is 0 Å². The van der Waals surface area contributed by atoms with E-state index in [-0.39, 0.29) is 5.82 Å². The van der Waals surface area contributed by atoms with Crippen molar-refractivity contribution in [3.8, 4) is 0 Å². The number of hydrogen-bond donors (Lipinski definition) is 2. The maximum atomic E-state index is 14.3. The van der Waals surface area contributed by atoms with E-state index in [1.165, 1.54) is 6.07 Å². The van der Waals surface area contributed by atoms with E-state index in [2.05, 4.69) is 27.4 Å². The number of likely N-dealkylation sites (tertiary alicyclic amines) is 1. The molecule has 0 unspecified atom stereocenters. The number of piperidine rings is 1. The summed E-state index contributed by atoms with van der Waals surface area (Å²) in [6.07, 6.45) is 5.64. The number of aromatic nitrogens is 1. The molecule has 1 saturated heterocycles. The molecule has 7 heteroatoms. The average Bonchev–Trinajstić information content (AvgIpc) is 3.16. The number of nitrogens with two attached hydrogens (primary N) is 1. The van der Waals surface area contributed by atoms with Crippen LogP contribution < -0.4 is 11.1 Å². The summed E-state index contributed by atoms with van der Waals surface area (Å²) in [4.78, 5) is 6.81. The first kappa shape index (κ1) is 20.5. The second-order valence-electron chi connectivity index (χ2n) is 8.23. The molecule has 2 aliphatic heterocycles. The van der Waals surface area contributed by atoms with E-state index in [0.717, 1.165) is 50.3 Å². The summed E-state index contributed by atoms with van der Waals surface area (Å²) in [5.41, 5.74) is 9.74. The third-order valence-electron chi connectivity index (χ3n) is 6.26. The van der Waals surface area contributed by atoms with Crippen molar-refractivity contribution in [1.82, 2.24) is 15.2 Å². The summed E-state index contributed by atoms with van der Waals surface area (Å²) in [6, 6.07) is 10.9. The van der Waals surface area contributed by atoms with Crippen LogP contribution in [0.25, 0.3) is 15.8 Å². The van der Waals surface area contributed by atoms with E-state index < -0.39 is 5.54 Å². The van der Waals surface area contributed by atoms with Crippen LogP contribution in [0.15, 0.2) is 54.4 Å². The minimum absolute atomic E-state index is 0.217. The lowest BCUT2D eigenvalue weighted by Gasteiger charge is -2.42. The van der Waals surface area contributed by atoms with Crippen molar-refractivity contribution in [2.24, 2.45) is 5.73 Å². The quantitative estimate of drug-likeness (QED) is 0.572. The SMILES string of the molecule is Cc1nc2ccc(C3=CC=C(N4CCC(N)(c5ccccc5F)CC4)NC3)c(Cl)c2s1. The number of benzene rings is 2. The van der Waals surface area contributed by atoms with E-state index in [9.17, 15) is 4.39 Å². The number of rotatable bonds is 3. The molecule has 5 rings (SSSR count). The van der Waals surface area contributed by atoms with Crippen LogP contribution in [0.3, 0.4) is 0 Å². The van der Waals surface area contributed by atoms with E-state index in [0.29, 0.717) is 24.9 Å². The van der Waals surface area contributed by atoms with Gasteiger partial charge in [-0.25, -0.2) is 9.37 Å². The van der Waals surface area contributed by atoms with Crippen molar-refractivity contribution in [3.05, 3.63) is 81.3 Å². The molecule has 1 fully saturated rings. The van der Waals surface area contributed by atoms with E-state index in [1.807, 2.05) is 31.2 Å². The second-order valence-corrected chi connectivity index (χ2v) is 9.81. The summed E-state index contributed by atoms with van der Waals surface area (Å²) in [7, 11) is 0. The maximum absolute atomic E-state index is 14.3. The van der Waals surface area contributed by atoms with Crippen LogP contribution in [0, 0.1) is 12.7 Å². The van der Waals surface area contributed by atoms with Crippen LogP contribution in [0.2, 0.25) is 5.02 Å². The minimum Gasteiger partial charge on any atom is -0.368 e. The van der Waals surface area contributed by atoms with Crippen molar-refractivity contribution >= 4 is 38.7 Å². The Hall–Kier alpha value is -2.41. The Kier molecular flexibility index (Phi) is 5.24.